The Morgan fingerprint density at radius 2 is 1.62 bits per heavy atom. The fourth-order valence-electron chi connectivity index (χ4n) is 2.33. The fraction of sp³-hybridized carbons (Fsp3) is 0.500. The molecule has 2 rings (SSSR count). The van der Waals surface area contributed by atoms with Crippen molar-refractivity contribution in [3.8, 4) is 0 Å². The highest BCUT2D eigenvalue weighted by molar-refractivity contribution is 5.82. The molecule has 10 heteroatoms. The highest BCUT2D eigenvalue weighted by atomic mass is 19.4. The maximum Gasteiger partial charge on any atom is 0.416 e. The first-order valence-electron chi connectivity index (χ1n) is 6.90. The number of carbonyl (C=O) groups excluding carboxylic acids is 1. The van der Waals surface area contributed by atoms with Crippen LogP contribution >= 0.6 is 0 Å². The van der Waals surface area contributed by atoms with Crippen LogP contribution in [0.4, 0.5) is 30.7 Å². The Bertz CT molecular complexity index is 580. The van der Waals surface area contributed by atoms with Gasteiger partial charge in [0.1, 0.15) is 6.17 Å². The summed E-state index contributed by atoms with van der Waals surface area (Å²) in [6.07, 6.45) is -11.2. The quantitative estimate of drug-likeness (QED) is 0.816. The Morgan fingerprint density at radius 3 is 2.04 bits per heavy atom. The first-order valence-corrected chi connectivity index (χ1v) is 6.90. The van der Waals surface area contributed by atoms with Crippen molar-refractivity contribution in [3.05, 3.63) is 34.9 Å². The molecule has 134 valence electrons. The lowest BCUT2D eigenvalue weighted by atomic mass is 10.0. The summed E-state index contributed by atoms with van der Waals surface area (Å²) in [6.45, 7) is -0.555. The van der Waals surface area contributed by atoms with Crippen molar-refractivity contribution < 1.29 is 35.5 Å². The molecule has 0 aliphatic carbocycles. The lowest BCUT2D eigenvalue weighted by Gasteiger charge is -2.15. The van der Waals surface area contributed by atoms with Crippen LogP contribution in [0.1, 0.15) is 23.1 Å². The van der Waals surface area contributed by atoms with E-state index < -0.39 is 48.1 Å². The van der Waals surface area contributed by atoms with Gasteiger partial charge in [-0.15, -0.1) is 0 Å². The Hall–Kier alpha value is -1.84. The molecule has 2 atom stereocenters. The third-order valence-electron chi connectivity index (χ3n) is 3.51. The number of nitrogens with one attached hydrogen (secondary N) is 2. The maximum absolute atomic E-state index is 13.0. The van der Waals surface area contributed by atoms with Gasteiger partial charge >= 0.3 is 12.4 Å². The Kier molecular flexibility index (Phi) is 5.07. The van der Waals surface area contributed by atoms with E-state index in [1.165, 1.54) is 0 Å². The van der Waals surface area contributed by atoms with E-state index in [9.17, 15) is 35.5 Å². The first-order chi connectivity index (χ1) is 11.0. The molecule has 1 saturated heterocycles. The molecule has 1 fully saturated rings. The van der Waals surface area contributed by atoms with Gasteiger partial charge in [0.05, 0.1) is 17.2 Å². The number of halogens is 7. The Labute approximate surface area is 132 Å². The summed E-state index contributed by atoms with van der Waals surface area (Å²) in [5.41, 5.74) is -3.26. The van der Waals surface area contributed by atoms with E-state index in [1.54, 1.807) is 0 Å². The van der Waals surface area contributed by atoms with Crippen LogP contribution in [0.2, 0.25) is 0 Å². The number of hydrogen-bond acceptors (Lipinski definition) is 2. The molecule has 0 bridgehead atoms. The smallest absolute Gasteiger partial charge is 0.351 e. The summed E-state index contributed by atoms with van der Waals surface area (Å²) >= 11 is 0. The number of rotatable bonds is 3. The number of carbonyl (C=O) groups is 1. The van der Waals surface area contributed by atoms with Crippen molar-refractivity contribution in [2.45, 2.75) is 37.5 Å². The molecule has 3 nitrogen and oxygen atoms in total. The third kappa shape index (κ3) is 4.59. The van der Waals surface area contributed by atoms with Crippen LogP contribution in [-0.4, -0.2) is 24.7 Å². The highest BCUT2D eigenvalue weighted by Gasteiger charge is 2.37. The van der Waals surface area contributed by atoms with Gasteiger partial charge in [0.15, 0.2) is 0 Å². The molecule has 0 radical (unpaired) electrons. The summed E-state index contributed by atoms with van der Waals surface area (Å²) < 4.78 is 89.3. The SMILES string of the molecule is O=C(NCc1cc(C(F)(F)F)cc(C(F)(F)F)c1)[C@H]1C[C@H](F)CN1. The van der Waals surface area contributed by atoms with Crippen LogP contribution in [0.25, 0.3) is 0 Å². The van der Waals surface area contributed by atoms with Gasteiger partial charge in [-0.1, -0.05) is 0 Å². The van der Waals surface area contributed by atoms with Gasteiger partial charge in [-0.25, -0.2) is 4.39 Å². The molecule has 0 saturated carbocycles. The zero-order chi connectivity index (χ0) is 18.1. The van der Waals surface area contributed by atoms with Gasteiger partial charge in [-0.3, -0.25) is 4.79 Å². The van der Waals surface area contributed by atoms with Crippen molar-refractivity contribution in [2.24, 2.45) is 0 Å². The number of hydrogen-bond donors (Lipinski definition) is 2. The maximum atomic E-state index is 13.0. The van der Waals surface area contributed by atoms with Crippen LogP contribution in [-0.2, 0) is 23.7 Å². The van der Waals surface area contributed by atoms with Gasteiger partial charge in [0.25, 0.3) is 0 Å². The predicted octanol–water partition coefficient (Wildman–Crippen LogP) is 3.04. The largest absolute Gasteiger partial charge is 0.416 e. The van der Waals surface area contributed by atoms with Crippen molar-refractivity contribution in [1.29, 1.82) is 0 Å². The lowest BCUT2D eigenvalue weighted by Crippen LogP contribution is -2.40. The van der Waals surface area contributed by atoms with Gasteiger partial charge in [-0.05, 0) is 23.8 Å². The minimum atomic E-state index is -4.95. The third-order valence-corrected chi connectivity index (χ3v) is 3.51. The van der Waals surface area contributed by atoms with Gasteiger partial charge in [0.2, 0.25) is 5.91 Å². The average molecular weight is 358 g/mol. The molecule has 1 aliphatic heterocycles. The van der Waals surface area contributed by atoms with E-state index in [2.05, 4.69) is 10.6 Å². The Balaban J connectivity index is 2.15. The van der Waals surface area contributed by atoms with E-state index in [1.807, 2.05) is 0 Å². The normalized spacial score (nSPS) is 21.8. The first kappa shape index (κ1) is 18.5. The molecule has 2 N–H and O–H groups in total. The van der Waals surface area contributed by atoms with Crippen LogP contribution in [0.3, 0.4) is 0 Å². The molecule has 1 aliphatic rings. The molecule has 1 heterocycles. The van der Waals surface area contributed by atoms with Gasteiger partial charge in [0, 0.05) is 19.5 Å². The lowest BCUT2D eigenvalue weighted by molar-refractivity contribution is -0.143. The van der Waals surface area contributed by atoms with Crippen LogP contribution in [0.5, 0.6) is 0 Å². The van der Waals surface area contributed by atoms with Crippen molar-refractivity contribution in [1.82, 2.24) is 10.6 Å². The Morgan fingerprint density at radius 1 is 1.08 bits per heavy atom. The fourth-order valence-corrected chi connectivity index (χ4v) is 2.33. The van der Waals surface area contributed by atoms with Crippen LogP contribution < -0.4 is 10.6 Å². The van der Waals surface area contributed by atoms with Crippen molar-refractivity contribution in [3.63, 3.8) is 0 Å². The summed E-state index contributed by atoms with van der Waals surface area (Å²) in [7, 11) is 0. The molecular weight excluding hydrogens is 345 g/mol. The molecule has 1 aromatic carbocycles. The van der Waals surface area contributed by atoms with Crippen molar-refractivity contribution >= 4 is 5.91 Å². The summed E-state index contributed by atoms with van der Waals surface area (Å²) in [4.78, 5) is 11.7. The average Bonchev–Trinajstić information content (AvgIpc) is 2.89. The molecule has 0 unspecified atom stereocenters. The predicted molar refractivity (Wildman–Crippen MR) is 69.6 cm³/mol. The molecule has 0 aromatic heterocycles. The molecule has 1 aromatic rings. The van der Waals surface area contributed by atoms with Gasteiger partial charge < -0.3 is 10.6 Å². The number of amides is 1. The second-order valence-electron chi connectivity index (χ2n) is 5.43. The second-order valence-corrected chi connectivity index (χ2v) is 5.43. The van der Waals surface area contributed by atoms with E-state index in [4.69, 9.17) is 0 Å². The van der Waals surface area contributed by atoms with Gasteiger partial charge in [-0.2, -0.15) is 26.3 Å². The number of benzene rings is 1. The topological polar surface area (TPSA) is 41.1 Å². The van der Waals surface area contributed by atoms with Crippen molar-refractivity contribution in [2.75, 3.05) is 6.54 Å². The molecular formula is C14H13F7N2O. The second kappa shape index (κ2) is 6.58. The number of alkyl halides is 7. The summed E-state index contributed by atoms with van der Waals surface area (Å²) in [5.74, 6) is -0.680. The van der Waals surface area contributed by atoms with E-state index in [0.29, 0.717) is 12.1 Å². The minimum Gasteiger partial charge on any atom is -0.351 e. The standard InChI is InChI=1S/C14H13F7N2O/c15-10-4-11(22-6-10)12(24)23-5-7-1-8(13(16,17)18)3-9(2-7)14(19,20)21/h1-3,10-11,22H,4-6H2,(H,23,24)/t10-,11+/m0/s1. The minimum absolute atomic E-state index is 0.0115. The zero-order valence-corrected chi connectivity index (χ0v) is 12.1. The van der Waals surface area contributed by atoms with Crippen LogP contribution in [0, 0.1) is 0 Å². The zero-order valence-electron chi connectivity index (χ0n) is 12.1. The summed E-state index contributed by atoms with van der Waals surface area (Å²) in [6, 6.07) is 0.232. The monoisotopic (exact) mass is 358 g/mol. The van der Waals surface area contributed by atoms with E-state index >= 15 is 0 Å². The molecule has 0 spiro atoms. The van der Waals surface area contributed by atoms with E-state index in [0.717, 1.165) is 0 Å². The highest BCUT2D eigenvalue weighted by Crippen LogP contribution is 2.36. The molecule has 24 heavy (non-hydrogen) atoms. The van der Waals surface area contributed by atoms with Crippen LogP contribution in [0.15, 0.2) is 18.2 Å². The summed E-state index contributed by atoms with van der Waals surface area (Å²) in [5, 5.41) is 4.78. The molecule has 1 amide bonds. The van der Waals surface area contributed by atoms with E-state index in [-0.39, 0.29) is 24.6 Å².